The lowest BCUT2D eigenvalue weighted by Gasteiger charge is -2.17. The van der Waals surface area contributed by atoms with Crippen molar-refractivity contribution in [3.8, 4) is 5.75 Å². The Kier molecular flexibility index (Phi) is 4.83. The second kappa shape index (κ2) is 7.44. The van der Waals surface area contributed by atoms with E-state index in [4.69, 9.17) is 9.47 Å². The highest BCUT2D eigenvalue weighted by molar-refractivity contribution is 6.22. The summed E-state index contributed by atoms with van der Waals surface area (Å²) in [4.78, 5) is 39.2. The van der Waals surface area contributed by atoms with Gasteiger partial charge in [-0.15, -0.1) is 0 Å². The average molecular weight is 380 g/mol. The van der Waals surface area contributed by atoms with Gasteiger partial charge in [-0.25, -0.2) is 0 Å². The molecule has 0 aromatic heterocycles. The molecule has 1 saturated heterocycles. The smallest absolute Gasteiger partial charge is 0.261 e. The van der Waals surface area contributed by atoms with Crippen LogP contribution in [0, 0.1) is 0 Å². The van der Waals surface area contributed by atoms with Crippen molar-refractivity contribution in [3.63, 3.8) is 0 Å². The van der Waals surface area contributed by atoms with Crippen molar-refractivity contribution >= 4 is 23.4 Å². The summed E-state index contributed by atoms with van der Waals surface area (Å²) in [5.41, 5.74) is 1.38. The lowest BCUT2D eigenvalue weighted by atomic mass is 10.1. The Bertz CT molecular complexity index is 950. The minimum Gasteiger partial charge on any atom is -0.495 e. The van der Waals surface area contributed by atoms with Crippen LogP contribution >= 0.6 is 0 Å². The SMILES string of the molecule is COc1ccccc1NC(=O)c1ccc2c(c1)C(=O)N(C[C@H]1CCCO1)C2=O. The zero-order chi connectivity index (χ0) is 19.7. The molecule has 2 aliphatic rings. The van der Waals surface area contributed by atoms with Gasteiger partial charge in [-0.3, -0.25) is 19.3 Å². The monoisotopic (exact) mass is 380 g/mol. The van der Waals surface area contributed by atoms with E-state index in [1.165, 1.54) is 24.1 Å². The number of fused-ring (bicyclic) bond motifs is 1. The normalized spacial score (nSPS) is 18.3. The van der Waals surface area contributed by atoms with E-state index in [1.807, 2.05) is 0 Å². The molecule has 0 bridgehead atoms. The van der Waals surface area contributed by atoms with Crippen LogP contribution < -0.4 is 10.1 Å². The van der Waals surface area contributed by atoms with Gasteiger partial charge in [0.2, 0.25) is 0 Å². The molecule has 1 atom stereocenters. The van der Waals surface area contributed by atoms with E-state index in [0.717, 1.165) is 12.8 Å². The minimum atomic E-state index is -0.387. The predicted molar refractivity (Wildman–Crippen MR) is 102 cm³/mol. The summed E-state index contributed by atoms with van der Waals surface area (Å²) in [5.74, 6) is -0.578. The maximum absolute atomic E-state index is 12.7. The quantitative estimate of drug-likeness (QED) is 0.807. The number of ether oxygens (including phenoxy) is 2. The van der Waals surface area contributed by atoms with Crippen LogP contribution in [0.4, 0.5) is 5.69 Å². The summed E-state index contributed by atoms with van der Waals surface area (Å²) < 4.78 is 10.8. The van der Waals surface area contributed by atoms with Gasteiger partial charge in [-0.1, -0.05) is 12.1 Å². The summed E-state index contributed by atoms with van der Waals surface area (Å²) in [7, 11) is 1.52. The first-order chi connectivity index (χ1) is 13.6. The zero-order valence-electron chi connectivity index (χ0n) is 15.4. The van der Waals surface area contributed by atoms with Gasteiger partial charge < -0.3 is 14.8 Å². The van der Waals surface area contributed by atoms with Gasteiger partial charge >= 0.3 is 0 Å². The largest absolute Gasteiger partial charge is 0.495 e. The van der Waals surface area contributed by atoms with E-state index < -0.39 is 0 Å². The molecule has 0 spiro atoms. The summed E-state index contributed by atoms with van der Waals surface area (Å²) in [6.07, 6.45) is 1.65. The molecule has 0 unspecified atom stereocenters. The first-order valence-electron chi connectivity index (χ1n) is 9.14. The van der Waals surface area contributed by atoms with Gasteiger partial charge in [-0.05, 0) is 43.2 Å². The number of amides is 3. The molecule has 0 saturated carbocycles. The van der Waals surface area contributed by atoms with Crippen LogP contribution in [-0.4, -0.2) is 49.0 Å². The molecule has 3 amide bonds. The molecule has 7 nitrogen and oxygen atoms in total. The van der Waals surface area contributed by atoms with E-state index in [2.05, 4.69) is 5.32 Å². The number of carbonyl (C=O) groups is 3. The van der Waals surface area contributed by atoms with Crippen molar-refractivity contribution in [1.82, 2.24) is 4.90 Å². The molecular weight excluding hydrogens is 360 g/mol. The maximum Gasteiger partial charge on any atom is 0.261 e. The van der Waals surface area contributed by atoms with Crippen molar-refractivity contribution in [2.75, 3.05) is 25.6 Å². The number of imide groups is 1. The third-order valence-electron chi connectivity index (χ3n) is 5.00. The van der Waals surface area contributed by atoms with E-state index >= 15 is 0 Å². The van der Waals surface area contributed by atoms with Crippen LogP contribution in [0.3, 0.4) is 0 Å². The van der Waals surface area contributed by atoms with Gasteiger partial charge in [0.15, 0.2) is 0 Å². The summed E-state index contributed by atoms with van der Waals surface area (Å²) >= 11 is 0. The van der Waals surface area contributed by atoms with Crippen LogP contribution in [0.25, 0.3) is 0 Å². The number of para-hydroxylation sites is 2. The number of carbonyl (C=O) groups excluding carboxylic acids is 3. The molecule has 2 aromatic rings. The Hall–Kier alpha value is -3.19. The Morgan fingerprint density at radius 1 is 1.18 bits per heavy atom. The van der Waals surface area contributed by atoms with Crippen LogP contribution in [0.15, 0.2) is 42.5 Å². The van der Waals surface area contributed by atoms with E-state index in [1.54, 1.807) is 30.3 Å². The standard InChI is InChI=1S/C21H20N2O5/c1-27-18-7-3-2-6-17(18)22-19(24)13-8-9-15-16(11-13)21(26)23(20(15)25)12-14-5-4-10-28-14/h2-3,6-9,11,14H,4-5,10,12H2,1H3,(H,22,24)/t14-/m1/s1. The molecule has 1 fully saturated rings. The number of rotatable bonds is 5. The van der Waals surface area contributed by atoms with Gasteiger partial charge in [0.05, 0.1) is 36.6 Å². The molecular formula is C21H20N2O5. The molecule has 7 heteroatoms. The lowest BCUT2D eigenvalue weighted by molar-refractivity contribution is 0.0475. The van der Waals surface area contributed by atoms with E-state index in [0.29, 0.717) is 29.2 Å². The van der Waals surface area contributed by atoms with E-state index in [-0.39, 0.29) is 35.9 Å². The Morgan fingerprint density at radius 3 is 2.71 bits per heavy atom. The van der Waals surface area contributed by atoms with Gasteiger partial charge in [0.1, 0.15) is 5.75 Å². The fourth-order valence-corrected chi connectivity index (χ4v) is 3.53. The number of anilines is 1. The highest BCUT2D eigenvalue weighted by Crippen LogP contribution is 2.27. The number of nitrogens with zero attached hydrogens (tertiary/aromatic N) is 1. The molecule has 28 heavy (non-hydrogen) atoms. The van der Waals surface area contributed by atoms with Crippen molar-refractivity contribution < 1.29 is 23.9 Å². The highest BCUT2D eigenvalue weighted by Gasteiger charge is 2.37. The molecule has 4 rings (SSSR count). The second-order valence-corrected chi connectivity index (χ2v) is 6.77. The van der Waals surface area contributed by atoms with Crippen LogP contribution in [0.1, 0.15) is 43.9 Å². The second-order valence-electron chi connectivity index (χ2n) is 6.77. The fraction of sp³-hybridized carbons (Fsp3) is 0.286. The maximum atomic E-state index is 12.7. The minimum absolute atomic E-state index is 0.115. The van der Waals surface area contributed by atoms with Crippen molar-refractivity contribution in [1.29, 1.82) is 0 Å². The summed E-state index contributed by atoms with van der Waals surface area (Å²) in [6.45, 7) is 0.899. The van der Waals surface area contributed by atoms with Crippen molar-refractivity contribution in [3.05, 3.63) is 59.2 Å². The van der Waals surface area contributed by atoms with Crippen LogP contribution in [0.5, 0.6) is 5.75 Å². The average Bonchev–Trinajstić information content (AvgIpc) is 3.31. The third-order valence-corrected chi connectivity index (χ3v) is 5.00. The van der Waals surface area contributed by atoms with Gasteiger partial charge in [-0.2, -0.15) is 0 Å². The molecule has 1 N–H and O–H groups in total. The molecule has 2 aliphatic heterocycles. The number of hydrogen-bond donors (Lipinski definition) is 1. The number of hydrogen-bond acceptors (Lipinski definition) is 5. The lowest BCUT2D eigenvalue weighted by Crippen LogP contribution is -2.36. The molecule has 0 aliphatic carbocycles. The summed E-state index contributed by atoms with van der Waals surface area (Å²) in [6, 6.07) is 11.6. The first kappa shape index (κ1) is 18.2. The number of nitrogens with one attached hydrogen (secondary N) is 1. The number of benzene rings is 2. The van der Waals surface area contributed by atoms with Gasteiger partial charge in [0, 0.05) is 12.2 Å². The van der Waals surface area contributed by atoms with Crippen molar-refractivity contribution in [2.24, 2.45) is 0 Å². The highest BCUT2D eigenvalue weighted by atomic mass is 16.5. The topological polar surface area (TPSA) is 84.9 Å². The Balaban J connectivity index is 1.55. The van der Waals surface area contributed by atoms with Crippen LogP contribution in [-0.2, 0) is 4.74 Å². The van der Waals surface area contributed by atoms with Crippen LogP contribution in [0.2, 0.25) is 0 Å². The van der Waals surface area contributed by atoms with E-state index in [9.17, 15) is 14.4 Å². The summed E-state index contributed by atoms with van der Waals surface area (Å²) in [5, 5.41) is 2.77. The van der Waals surface area contributed by atoms with Crippen molar-refractivity contribution in [2.45, 2.75) is 18.9 Å². The third kappa shape index (κ3) is 3.25. The zero-order valence-corrected chi connectivity index (χ0v) is 15.4. The first-order valence-corrected chi connectivity index (χ1v) is 9.14. The van der Waals surface area contributed by atoms with Gasteiger partial charge in [0.25, 0.3) is 17.7 Å². The fourth-order valence-electron chi connectivity index (χ4n) is 3.53. The predicted octanol–water partition coefficient (Wildman–Crippen LogP) is 2.72. The number of methoxy groups -OCH3 is 1. The molecule has 2 aromatic carbocycles. The Labute approximate surface area is 162 Å². The Morgan fingerprint density at radius 2 is 1.96 bits per heavy atom. The molecule has 0 radical (unpaired) electrons. The molecule has 2 heterocycles. The molecule has 144 valence electrons.